The number of allylic oxidation sites excluding steroid dienone is 1. The molecule has 0 atom stereocenters. The lowest BCUT2D eigenvalue weighted by Crippen LogP contribution is -2.08. The van der Waals surface area contributed by atoms with Crippen molar-refractivity contribution in [2.75, 3.05) is 12.8 Å². The summed E-state index contributed by atoms with van der Waals surface area (Å²) >= 11 is 11.9. The first kappa shape index (κ1) is 15.1. The van der Waals surface area contributed by atoms with Gasteiger partial charge in [-0.2, -0.15) is 0 Å². The Bertz CT molecular complexity index is 490. The number of thiocarbonyl (C=S) groups is 1. The number of benzene rings is 1. The normalized spacial score (nSPS) is 10.9. The molecule has 0 fully saturated rings. The number of thioether (sulfide) groups is 1. The summed E-state index contributed by atoms with van der Waals surface area (Å²) in [7, 11) is 1.69. The zero-order valence-electron chi connectivity index (χ0n) is 9.85. The van der Waals surface area contributed by atoms with Crippen molar-refractivity contribution in [3.8, 4) is 0 Å². The first-order valence-electron chi connectivity index (χ1n) is 5.22. The summed E-state index contributed by atoms with van der Waals surface area (Å²) in [6.07, 6.45) is 1.56. The van der Waals surface area contributed by atoms with E-state index in [4.69, 9.17) is 11.6 Å². The highest BCUT2D eigenvalue weighted by molar-refractivity contribution is 8.00. The molecule has 0 heterocycles. The number of carbonyl (C=O) groups excluding carboxylic acids is 1. The fraction of sp³-hybridized carbons (Fsp3) is 0.231. The van der Waals surface area contributed by atoms with Crippen LogP contribution in [0.25, 0.3) is 0 Å². The Labute approximate surface area is 121 Å². The minimum atomic E-state index is -0.0673. The van der Waals surface area contributed by atoms with Gasteiger partial charge in [0.15, 0.2) is 5.78 Å². The maximum atomic E-state index is 11.4. The number of nitrogens with zero attached hydrogens (tertiary/aromatic N) is 1. The van der Waals surface area contributed by atoms with Gasteiger partial charge in [-0.1, -0.05) is 11.6 Å². The average molecular weight is 298 g/mol. The Hall–Kier alpha value is -0.930. The summed E-state index contributed by atoms with van der Waals surface area (Å²) in [5.74, 6) is 0.608. The van der Waals surface area contributed by atoms with Crippen LogP contribution in [0.4, 0.5) is 0 Å². The highest BCUT2D eigenvalue weighted by Crippen LogP contribution is 2.20. The van der Waals surface area contributed by atoms with E-state index >= 15 is 0 Å². The summed E-state index contributed by atoms with van der Waals surface area (Å²) in [5, 5.41) is 3.02. The zero-order chi connectivity index (χ0) is 13.4. The van der Waals surface area contributed by atoms with Gasteiger partial charge in [-0.05, 0) is 41.5 Å². The molecule has 0 N–H and O–H groups in total. The summed E-state index contributed by atoms with van der Waals surface area (Å²) in [4.78, 5) is 16.6. The molecule has 0 bridgehead atoms. The minimum Gasteiger partial charge on any atom is -0.296 e. The molecule has 0 aliphatic heterocycles. The van der Waals surface area contributed by atoms with Crippen LogP contribution in [0.5, 0.6) is 0 Å². The summed E-state index contributed by atoms with van der Waals surface area (Å²) in [6, 6.07) is 7.57. The molecule has 0 unspecified atom stereocenters. The Morgan fingerprint density at radius 2 is 2.17 bits per heavy atom. The van der Waals surface area contributed by atoms with Crippen LogP contribution in [0.3, 0.4) is 0 Å². The number of aliphatic imine (C=N–C) groups is 1. The Kier molecular flexibility index (Phi) is 6.91. The van der Waals surface area contributed by atoms with Crippen LogP contribution in [0, 0.1) is 0 Å². The lowest BCUT2D eigenvalue weighted by Gasteiger charge is -2.04. The molecule has 0 amide bonds. The number of hydrogen-bond acceptors (Lipinski definition) is 4. The Balaban J connectivity index is 2.52. The predicted octanol–water partition coefficient (Wildman–Crippen LogP) is 3.62. The summed E-state index contributed by atoms with van der Waals surface area (Å²) in [5.41, 5.74) is 0.835. The van der Waals surface area contributed by atoms with E-state index in [9.17, 15) is 4.79 Å². The molecule has 0 aliphatic rings. The molecular formula is C13H12ClNOS2. The van der Waals surface area contributed by atoms with E-state index < -0.39 is 0 Å². The van der Waals surface area contributed by atoms with Gasteiger partial charge < -0.3 is 0 Å². The van der Waals surface area contributed by atoms with Crippen molar-refractivity contribution >= 4 is 52.1 Å². The molecule has 1 aromatic rings. The molecule has 1 rings (SSSR count). The topological polar surface area (TPSA) is 29.4 Å². The van der Waals surface area contributed by atoms with Crippen molar-refractivity contribution in [1.29, 1.82) is 0 Å². The zero-order valence-corrected chi connectivity index (χ0v) is 12.2. The van der Waals surface area contributed by atoms with Gasteiger partial charge in [-0.15, -0.1) is 11.8 Å². The predicted molar refractivity (Wildman–Crippen MR) is 82.3 cm³/mol. The van der Waals surface area contributed by atoms with Gasteiger partial charge in [0.25, 0.3) is 0 Å². The molecule has 5 heteroatoms. The van der Waals surface area contributed by atoms with Crippen molar-refractivity contribution in [1.82, 2.24) is 0 Å². The molecule has 18 heavy (non-hydrogen) atoms. The van der Waals surface area contributed by atoms with Crippen LogP contribution in [0.15, 0.2) is 40.2 Å². The number of ketones is 1. The third-order valence-corrected chi connectivity index (χ3v) is 3.59. The number of carbonyl (C=O) groups is 1. The van der Waals surface area contributed by atoms with Crippen LogP contribution in [-0.4, -0.2) is 29.3 Å². The Morgan fingerprint density at radius 3 is 2.72 bits per heavy atom. The van der Waals surface area contributed by atoms with Crippen LogP contribution >= 0.6 is 35.6 Å². The smallest absolute Gasteiger partial charge is 0.169 e. The lowest BCUT2D eigenvalue weighted by molar-refractivity contribution is -0.113. The second-order valence-corrected chi connectivity index (χ2v) is 5.16. The van der Waals surface area contributed by atoms with Gasteiger partial charge in [0.05, 0.1) is 0 Å². The molecule has 1 aromatic carbocycles. The van der Waals surface area contributed by atoms with Gasteiger partial charge in [0, 0.05) is 40.9 Å². The molecular weight excluding hydrogens is 286 g/mol. The van der Waals surface area contributed by atoms with E-state index in [0.29, 0.717) is 17.2 Å². The van der Waals surface area contributed by atoms with E-state index in [1.165, 1.54) is 6.08 Å². The quantitative estimate of drug-likeness (QED) is 0.348. The van der Waals surface area contributed by atoms with E-state index in [1.807, 2.05) is 24.3 Å². The minimum absolute atomic E-state index is 0.0673. The highest BCUT2D eigenvalue weighted by Gasteiger charge is 2.05. The molecule has 0 saturated carbocycles. The van der Waals surface area contributed by atoms with Crippen molar-refractivity contribution < 1.29 is 4.79 Å². The molecule has 2 nitrogen and oxygen atoms in total. The number of rotatable bonds is 6. The molecule has 0 spiro atoms. The molecule has 94 valence electrons. The standard InChI is InChI=1S/C13H12ClNOS2/c1-15-11(8-12(16)6-7-17)9-18-13-4-2-10(14)3-5-13/h2-6H,8-9H2,1H3. The third kappa shape index (κ3) is 5.61. The van der Waals surface area contributed by atoms with Gasteiger partial charge in [0.2, 0.25) is 0 Å². The first-order chi connectivity index (χ1) is 8.65. The van der Waals surface area contributed by atoms with E-state index in [2.05, 4.69) is 22.2 Å². The van der Waals surface area contributed by atoms with Crippen LogP contribution in [0.1, 0.15) is 6.42 Å². The number of hydrogen-bond donors (Lipinski definition) is 0. The Morgan fingerprint density at radius 1 is 1.50 bits per heavy atom. The molecule has 0 aromatic heterocycles. The van der Waals surface area contributed by atoms with Crippen molar-refractivity contribution in [3.05, 3.63) is 35.4 Å². The monoisotopic (exact) mass is 297 g/mol. The van der Waals surface area contributed by atoms with Gasteiger partial charge in [0.1, 0.15) is 0 Å². The van der Waals surface area contributed by atoms with E-state index in [-0.39, 0.29) is 5.78 Å². The van der Waals surface area contributed by atoms with Gasteiger partial charge in [-0.25, -0.2) is 0 Å². The van der Waals surface area contributed by atoms with Crippen LogP contribution < -0.4 is 0 Å². The van der Waals surface area contributed by atoms with Crippen molar-refractivity contribution in [2.45, 2.75) is 11.3 Å². The molecule has 0 saturated heterocycles. The highest BCUT2D eigenvalue weighted by atomic mass is 35.5. The first-order valence-corrected chi connectivity index (χ1v) is 6.99. The fourth-order valence-corrected chi connectivity index (χ4v) is 2.36. The van der Waals surface area contributed by atoms with E-state index in [1.54, 1.807) is 18.8 Å². The van der Waals surface area contributed by atoms with Gasteiger partial charge >= 0.3 is 0 Å². The van der Waals surface area contributed by atoms with Crippen molar-refractivity contribution in [3.63, 3.8) is 0 Å². The molecule has 0 radical (unpaired) electrons. The lowest BCUT2D eigenvalue weighted by atomic mass is 10.2. The largest absolute Gasteiger partial charge is 0.296 e. The fourth-order valence-electron chi connectivity index (χ4n) is 1.21. The summed E-state index contributed by atoms with van der Waals surface area (Å²) in [6.45, 7) is 0. The average Bonchev–Trinajstić information content (AvgIpc) is 2.36. The second kappa shape index (κ2) is 8.22. The second-order valence-electron chi connectivity index (χ2n) is 3.44. The maximum absolute atomic E-state index is 11.4. The van der Waals surface area contributed by atoms with E-state index in [0.717, 1.165) is 10.6 Å². The third-order valence-electron chi connectivity index (χ3n) is 2.13. The SMILES string of the molecule is CN=C(CSc1ccc(Cl)cc1)CC(=O)C=C=S. The van der Waals surface area contributed by atoms with Crippen LogP contribution in [0.2, 0.25) is 5.02 Å². The number of halogens is 1. The maximum Gasteiger partial charge on any atom is 0.169 e. The van der Waals surface area contributed by atoms with Crippen molar-refractivity contribution in [2.24, 2.45) is 4.99 Å². The summed E-state index contributed by atoms with van der Waals surface area (Å²) < 4.78 is 0. The van der Waals surface area contributed by atoms with Crippen LogP contribution in [-0.2, 0) is 4.79 Å². The van der Waals surface area contributed by atoms with Gasteiger partial charge in [-0.3, -0.25) is 9.79 Å². The molecule has 0 aliphatic carbocycles.